The van der Waals surface area contributed by atoms with Gasteiger partial charge in [-0.05, 0) is 61.4 Å². The van der Waals surface area contributed by atoms with Gasteiger partial charge in [0.1, 0.15) is 0 Å². The van der Waals surface area contributed by atoms with Crippen molar-refractivity contribution in [3.8, 4) is 11.5 Å². The number of ether oxygens (including phenoxy) is 1. The quantitative estimate of drug-likeness (QED) is 0.655. The molecule has 1 saturated carbocycles. The van der Waals surface area contributed by atoms with Gasteiger partial charge in [0.25, 0.3) is 0 Å². The van der Waals surface area contributed by atoms with Crippen molar-refractivity contribution in [3.63, 3.8) is 0 Å². The second kappa shape index (κ2) is 5.52. The van der Waals surface area contributed by atoms with Crippen molar-refractivity contribution in [2.75, 3.05) is 13.1 Å². The molecule has 1 spiro atoms. The number of hydrogen-bond acceptors (Lipinski definition) is 4. The number of phenolic OH excluding ortho intramolecular Hbond substituents is 1. The summed E-state index contributed by atoms with van der Waals surface area (Å²) in [6.07, 6.45) is 4.69. The normalized spacial score (nSPS) is 34.3. The highest BCUT2D eigenvalue weighted by Gasteiger charge is 2.73. The van der Waals surface area contributed by atoms with Gasteiger partial charge in [0.15, 0.2) is 17.6 Å². The highest BCUT2D eigenvalue weighted by atomic mass is 16.5. The fraction of sp³-hybridized carbons (Fsp3) is 0.481. The lowest BCUT2D eigenvalue weighted by Gasteiger charge is -2.63. The molecular formula is C27H28N2O3. The fourth-order valence-corrected chi connectivity index (χ4v) is 7.93. The number of piperidine rings is 1. The first-order valence-electron chi connectivity index (χ1n) is 12.1. The molecule has 5 heteroatoms. The number of aromatic hydroxyl groups is 1. The molecule has 164 valence electrons. The molecular weight excluding hydrogens is 400 g/mol. The van der Waals surface area contributed by atoms with Crippen LogP contribution in [-0.4, -0.2) is 44.4 Å². The van der Waals surface area contributed by atoms with Crippen molar-refractivity contribution in [1.29, 1.82) is 0 Å². The van der Waals surface area contributed by atoms with Crippen LogP contribution in [0.4, 0.5) is 0 Å². The Labute approximate surface area is 187 Å². The number of nitrogens with zero attached hydrogens (tertiary/aromatic N) is 2. The summed E-state index contributed by atoms with van der Waals surface area (Å²) in [5.74, 6) is 1.60. The maximum Gasteiger partial charge on any atom is 0.166 e. The Morgan fingerprint density at radius 2 is 2.00 bits per heavy atom. The van der Waals surface area contributed by atoms with Crippen molar-refractivity contribution in [2.45, 2.75) is 55.3 Å². The average Bonchev–Trinajstić information content (AvgIpc) is 3.47. The largest absolute Gasteiger partial charge is 0.504 e. The number of phenols is 1. The number of hydrogen-bond donors (Lipinski definition) is 2. The van der Waals surface area contributed by atoms with Gasteiger partial charge >= 0.3 is 0 Å². The zero-order valence-corrected chi connectivity index (χ0v) is 18.3. The third kappa shape index (κ3) is 1.84. The Balaban J connectivity index is 1.44. The molecule has 5 aliphatic rings. The summed E-state index contributed by atoms with van der Waals surface area (Å²) in [6.45, 7) is 2.08. The first kappa shape index (κ1) is 18.0. The summed E-state index contributed by atoms with van der Waals surface area (Å²) < 4.78 is 8.96. The number of aliphatic hydroxyl groups is 1. The second-order valence-electron chi connectivity index (χ2n) is 10.9. The molecule has 2 fully saturated rings. The SMILES string of the molecule is Cn1c2c(c3ccccc31)C[C@@]1(O)[C@@H]3Cc4ccc(O)c5c4[C@@]1(CCN3CC1CC1)[C@H]2O5. The Morgan fingerprint density at radius 1 is 1.16 bits per heavy atom. The third-order valence-electron chi connectivity index (χ3n) is 9.47. The van der Waals surface area contributed by atoms with Gasteiger partial charge in [-0.1, -0.05) is 24.3 Å². The molecule has 4 atom stereocenters. The highest BCUT2D eigenvalue weighted by Crippen LogP contribution is 2.69. The number of aromatic nitrogens is 1. The van der Waals surface area contributed by atoms with Crippen LogP contribution in [-0.2, 0) is 25.3 Å². The lowest BCUT2D eigenvalue weighted by atomic mass is 9.49. The molecule has 0 unspecified atom stereocenters. The van der Waals surface area contributed by atoms with Crippen LogP contribution in [0.15, 0.2) is 36.4 Å². The number of benzene rings is 2. The number of aryl methyl sites for hydroxylation is 1. The predicted octanol–water partition coefficient (Wildman–Crippen LogP) is 3.58. The van der Waals surface area contributed by atoms with Crippen LogP contribution in [0.25, 0.3) is 10.9 Å². The van der Waals surface area contributed by atoms with Crippen molar-refractivity contribution >= 4 is 10.9 Å². The number of rotatable bonds is 2. The van der Waals surface area contributed by atoms with E-state index in [1.807, 2.05) is 0 Å². The molecule has 1 aromatic heterocycles. The molecule has 3 aliphatic carbocycles. The van der Waals surface area contributed by atoms with E-state index in [1.165, 1.54) is 40.6 Å². The van der Waals surface area contributed by atoms with E-state index in [-0.39, 0.29) is 17.9 Å². The number of fused-ring (bicyclic) bond motifs is 4. The molecule has 5 nitrogen and oxygen atoms in total. The Hall–Kier alpha value is -2.50. The van der Waals surface area contributed by atoms with Crippen LogP contribution in [0.3, 0.4) is 0 Å². The van der Waals surface area contributed by atoms with Gasteiger partial charge in [0, 0.05) is 42.5 Å². The monoisotopic (exact) mass is 428 g/mol. The summed E-state index contributed by atoms with van der Waals surface area (Å²) >= 11 is 0. The minimum Gasteiger partial charge on any atom is -0.504 e. The molecule has 8 rings (SSSR count). The fourth-order valence-electron chi connectivity index (χ4n) is 7.93. The average molecular weight is 429 g/mol. The van der Waals surface area contributed by atoms with Crippen molar-refractivity contribution < 1.29 is 14.9 Å². The van der Waals surface area contributed by atoms with Gasteiger partial charge in [0.2, 0.25) is 0 Å². The lowest BCUT2D eigenvalue weighted by Crippen LogP contribution is -2.74. The molecule has 1 saturated heterocycles. The first-order chi connectivity index (χ1) is 15.5. The summed E-state index contributed by atoms with van der Waals surface area (Å²) in [6, 6.07) is 12.5. The summed E-state index contributed by atoms with van der Waals surface area (Å²) in [5.41, 5.74) is 4.50. The molecule has 32 heavy (non-hydrogen) atoms. The van der Waals surface area contributed by atoms with Gasteiger partial charge < -0.3 is 19.5 Å². The van der Waals surface area contributed by atoms with Crippen molar-refractivity contribution in [2.24, 2.45) is 13.0 Å². The zero-order chi connectivity index (χ0) is 21.4. The number of para-hydroxylation sites is 1. The molecule has 3 heterocycles. The van der Waals surface area contributed by atoms with Crippen molar-refractivity contribution in [3.05, 3.63) is 58.8 Å². The van der Waals surface area contributed by atoms with Crippen LogP contribution >= 0.6 is 0 Å². The van der Waals surface area contributed by atoms with E-state index < -0.39 is 11.0 Å². The van der Waals surface area contributed by atoms with Crippen LogP contribution in [0.1, 0.15) is 47.8 Å². The van der Waals surface area contributed by atoms with Gasteiger partial charge in [-0.15, -0.1) is 0 Å². The molecule has 2 aromatic carbocycles. The molecule has 0 amide bonds. The van der Waals surface area contributed by atoms with Crippen molar-refractivity contribution in [1.82, 2.24) is 9.47 Å². The number of likely N-dealkylation sites (tertiary alicyclic amines) is 1. The molecule has 2 aliphatic heterocycles. The van der Waals surface area contributed by atoms with E-state index in [4.69, 9.17) is 4.74 Å². The summed E-state index contributed by atoms with van der Waals surface area (Å²) in [5, 5.41) is 24.8. The first-order valence-corrected chi connectivity index (χ1v) is 12.1. The zero-order valence-electron chi connectivity index (χ0n) is 18.3. The highest BCUT2D eigenvalue weighted by molar-refractivity contribution is 5.87. The Kier molecular flexibility index (Phi) is 3.10. The minimum absolute atomic E-state index is 0.0815. The van der Waals surface area contributed by atoms with Crippen LogP contribution in [0.5, 0.6) is 11.5 Å². The minimum atomic E-state index is -0.909. The van der Waals surface area contributed by atoms with E-state index in [2.05, 4.69) is 46.8 Å². The van der Waals surface area contributed by atoms with Gasteiger partial charge in [-0.3, -0.25) is 4.90 Å². The van der Waals surface area contributed by atoms with Gasteiger partial charge in [-0.2, -0.15) is 0 Å². The van der Waals surface area contributed by atoms with E-state index in [0.29, 0.717) is 12.2 Å². The van der Waals surface area contributed by atoms with Gasteiger partial charge in [-0.25, -0.2) is 0 Å². The second-order valence-corrected chi connectivity index (χ2v) is 10.9. The van der Waals surface area contributed by atoms with E-state index in [1.54, 1.807) is 6.07 Å². The van der Waals surface area contributed by atoms with E-state index >= 15 is 0 Å². The maximum absolute atomic E-state index is 12.8. The topological polar surface area (TPSA) is 57.9 Å². The Morgan fingerprint density at radius 3 is 2.84 bits per heavy atom. The van der Waals surface area contributed by atoms with Crippen LogP contribution in [0.2, 0.25) is 0 Å². The van der Waals surface area contributed by atoms with Crippen LogP contribution in [0, 0.1) is 5.92 Å². The molecule has 2 bridgehead atoms. The van der Waals surface area contributed by atoms with Gasteiger partial charge in [0.05, 0.1) is 16.7 Å². The van der Waals surface area contributed by atoms with E-state index in [9.17, 15) is 10.2 Å². The smallest absolute Gasteiger partial charge is 0.166 e. The standard InChI is InChI=1S/C27H28N2O3/c1-28-19-5-3-2-4-17(19)18-13-27(31)21-12-16-8-9-20(30)24-22(16)26(27,25(32-24)23(18)28)10-11-29(21)14-15-6-7-15/h2-5,8-9,15,21,25,30-31H,6-7,10-14H2,1H3/t21-,25-,26-,27+/m0/s1. The predicted molar refractivity (Wildman–Crippen MR) is 121 cm³/mol. The molecule has 3 aromatic rings. The molecule has 2 N–H and O–H groups in total. The molecule has 0 radical (unpaired) electrons. The maximum atomic E-state index is 12.8. The third-order valence-corrected chi connectivity index (χ3v) is 9.47. The van der Waals surface area contributed by atoms with E-state index in [0.717, 1.165) is 37.4 Å². The summed E-state index contributed by atoms with van der Waals surface area (Å²) in [4.78, 5) is 2.59. The Bertz CT molecular complexity index is 1320. The van der Waals surface area contributed by atoms with Crippen LogP contribution < -0.4 is 4.74 Å². The summed E-state index contributed by atoms with van der Waals surface area (Å²) in [7, 11) is 2.12. The lowest BCUT2D eigenvalue weighted by molar-refractivity contribution is -0.173.